The highest BCUT2D eigenvalue weighted by molar-refractivity contribution is 6.05. The largest absolute Gasteiger partial charge is 0.399 e. The van der Waals surface area contributed by atoms with Gasteiger partial charge in [0.25, 0.3) is 5.91 Å². The van der Waals surface area contributed by atoms with Crippen LogP contribution in [0.25, 0.3) is 0 Å². The van der Waals surface area contributed by atoms with E-state index in [-0.39, 0.29) is 18.4 Å². The van der Waals surface area contributed by atoms with Crippen LogP contribution in [-0.2, 0) is 28.6 Å². The fourth-order valence-corrected chi connectivity index (χ4v) is 3.51. The summed E-state index contributed by atoms with van der Waals surface area (Å²) < 4.78 is 16.3. The molecule has 0 aliphatic heterocycles. The summed E-state index contributed by atoms with van der Waals surface area (Å²) in [7, 11) is 0. The van der Waals surface area contributed by atoms with Crippen molar-refractivity contribution in [2.24, 2.45) is 11.5 Å². The first-order chi connectivity index (χ1) is 18.9. The molecule has 1 atom stereocenters. The summed E-state index contributed by atoms with van der Waals surface area (Å²) in [6.45, 7) is 7.62. The van der Waals surface area contributed by atoms with Crippen molar-refractivity contribution in [2.45, 2.75) is 32.7 Å². The molecule has 0 heterocycles. The van der Waals surface area contributed by atoms with Gasteiger partial charge in [0.2, 0.25) is 18.7 Å². The Labute approximate surface area is 229 Å². The van der Waals surface area contributed by atoms with Gasteiger partial charge in [-0.2, -0.15) is 0 Å². The van der Waals surface area contributed by atoms with Gasteiger partial charge in [0.15, 0.2) is 0 Å². The fraction of sp³-hybridized carbons (Fsp3) is 0.538. The zero-order valence-corrected chi connectivity index (χ0v) is 22.8. The lowest BCUT2D eigenvalue weighted by Crippen LogP contribution is -2.48. The zero-order valence-electron chi connectivity index (χ0n) is 22.8. The average Bonchev–Trinajstić information content (AvgIpc) is 2.92. The van der Waals surface area contributed by atoms with Gasteiger partial charge in [0.1, 0.15) is 6.04 Å². The van der Waals surface area contributed by atoms with Crippen LogP contribution in [0.5, 0.6) is 0 Å². The SMILES string of the molecule is CCCC(C(=O)NC=O)N(C=O)C(=O)c1cccc(NCCOCCOCCN/C=C(\N)COCCN)c1C. The second-order valence-electron chi connectivity index (χ2n) is 8.39. The van der Waals surface area contributed by atoms with Crippen LogP contribution in [0.4, 0.5) is 5.69 Å². The first-order valence-corrected chi connectivity index (χ1v) is 12.9. The van der Waals surface area contributed by atoms with E-state index in [1.165, 1.54) is 0 Å². The average molecular weight is 551 g/mol. The van der Waals surface area contributed by atoms with Crippen molar-refractivity contribution in [1.82, 2.24) is 15.5 Å². The molecule has 0 saturated carbocycles. The molecule has 0 aliphatic carbocycles. The lowest BCUT2D eigenvalue weighted by Gasteiger charge is -2.25. The monoisotopic (exact) mass is 550 g/mol. The van der Waals surface area contributed by atoms with E-state index >= 15 is 0 Å². The Kier molecular flexibility index (Phi) is 17.6. The van der Waals surface area contributed by atoms with Gasteiger partial charge in [0.05, 0.1) is 45.3 Å². The number of rotatable bonds is 22. The molecule has 0 bridgehead atoms. The number of carbonyl (C=O) groups excluding carboxylic acids is 4. The Hall–Kier alpha value is -3.52. The number of benzene rings is 1. The number of hydrogen-bond acceptors (Lipinski definition) is 11. The third kappa shape index (κ3) is 12.7. The second kappa shape index (κ2) is 20.4. The maximum Gasteiger partial charge on any atom is 0.261 e. The van der Waals surface area contributed by atoms with E-state index in [1.807, 2.05) is 18.3 Å². The Morgan fingerprint density at radius 1 is 1.05 bits per heavy atom. The summed E-state index contributed by atoms with van der Waals surface area (Å²) in [5, 5.41) is 8.28. The van der Waals surface area contributed by atoms with Crippen molar-refractivity contribution in [3.63, 3.8) is 0 Å². The van der Waals surface area contributed by atoms with Crippen LogP contribution < -0.4 is 27.4 Å². The summed E-state index contributed by atoms with van der Waals surface area (Å²) in [6.07, 6.45) is 3.00. The van der Waals surface area contributed by atoms with Gasteiger partial charge in [-0.15, -0.1) is 0 Å². The Morgan fingerprint density at radius 2 is 1.77 bits per heavy atom. The molecule has 1 unspecified atom stereocenters. The van der Waals surface area contributed by atoms with Crippen molar-refractivity contribution in [1.29, 1.82) is 0 Å². The van der Waals surface area contributed by atoms with Gasteiger partial charge < -0.3 is 36.3 Å². The highest BCUT2D eigenvalue weighted by Gasteiger charge is 2.30. The van der Waals surface area contributed by atoms with Gasteiger partial charge in [-0.25, -0.2) is 0 Å². The Bertz CT molecular complexity index is 928. The molecule has 0 aromatic heterocycles. The molecule has 0 saturated heterocycles. The van der Waals surface area contributed by atoms with Gasteiger partial charge in [-0.05, 0) is 31.0 Å². The molecule has 0 radical (unpaired) electrons. The number of nitrogens with two attached hydrogens (primary N) is 2. The first kappa shape index (κ1) is 33.5. The number of imide groups is 2. The van der Waals surface area contributed by atoms with Gasteiger partial charge in [0, 0.05) is 37.1 Å². The predicted octanol–water partition coefficient (Wildman–Crippen LogP) is -0.155. The predicted molar refractivity (Wildman–Crippen MR) is 147 cm³/mol. The van der Waals surface area contributed by atoms with Crippen LogP contribution in [0, 0.1) is 6.92 Å². The third-order valence-corrected chi connectivity index (χ3v) is 5.46. The molecule has 218 valence electrons. The molecule has 0 spiro atoms. The molecule has 0 fully saturated rings. The molecular formula is C26H42N6O7. The standard InChI is InChI=1S/C26H42N6O7/c1-3-5-24(25(35)31-18-33)32(19-34)26(36)22-6-4-7-23(20(22)2)30-10-13-38-15-14-37-12-9-29-16-21(28)17-39-11-8-27/h4,6-7,16,18-19,24,29-30H,3,5,8-15,17,27-28H2,1-2H3,(H,31,33,35)/b21-16-. The third-order valence-electron chi connectivity index (χ3n) is 5.46. The normalized spacial score (nSPS) is 11.9. The summed E-state index contributed by atoms with van der Waals surface area (Å²) in [5.41, 5.74) is 13.3. The van der Waals surface area contributed by atoms with Crippen LogP contribution >= 0.6 is 0 Å². The van der Waals surface area contributed by atoms with Crippen molar-refractivity contribution in [3.05, 3.63) is 41.2 Å². The number of carbonyl (C=O) groups is 4. The number of nitrogens with zero attached hydrogens (tertiary/aromatic N) is 1. The maximum atomic E-state index is 13.1. The topological polar surface area (TPSA) is 187 Å². The summed E-state index contributed by atoms with van der Waals surface area (Å²) in [5.74, 6) is -1.33. The molecule has 13 heteroatoms. The van der Waals surface area contributed by atoms with E-state index in [9.17, 15) is 19.2 Å². The van der Waals surface area contributed by atoms with E-state index < -0.39 is 17.9 Å². The fourth-order valence-electron chi connectivity index (χ4n) is 3.51. The molecule has 13 nitrogen and oxygen atoms in total. The van der Waals surface area contributed by atoms with Gasteiger partial charge in [-0.1, -0.05) is 19.4 Å². The number of nitrogens with one attached hydrogen (secondary N) is 3. The van der Waals surface area contributed by atoms with Crippen LogP contribution in [0.1, 0.15) is 35.7 Å². The van der Waals surface area contributed by atoms with Crippen molar-refractivity contribution in [3.8, 4) is 0 Å². The highest BCUT2D eigenvalue weighted by atomic mass is 16.5. The number of ether oxygens (including phenoxy) is 3. The molecule has 1 aromatic carbocycles. The molecule has 1 rings (SSSR count). The highest BCUT2D eigenvalue weighted by Crippen LogP contribution is 2.21. The van der Waals surface area contributed by atoms with E-state index in [4.69, 9.17) is 25.7 Å². The lowest BCUT2D eigenvalue weighted by molar-refractivity contribution is -0.133. The Balaban J connectivity index is 2.44. The van der Waals surface area contributed by atoms with Crippen LogP contribution in [0.3, 0.4) is 0 Å². The van der Waals surface area contributed by atoms with Crippen LogP contribution in [-0.4, -0.2) is 94.9 Å². The van der Waals surface area contributed by atoms with Crippen molar-refractivity contribution >= 4 is 30.3 Å². The minimum absolute atomic E-state index is 0.232. The molecular weight excluding hydrogens is 508 g/mol. The van der Waals surface area contributed by atoms with E-state index in [0.717, 1.165) is 4.90 Å². The first-order valence-electron chi connectivity index (χ1n) is 12.9. The molecule has 4 amide bonds. The van der Waals surface area contributed by atoms with Gasteiger partial charge in [-0.3, -0.25) is 29.4 Å². The summed E-state index contributed by atoms with van der Waals surface area (Å²) >= 11 is 0. The van der Waals surface area contributed by atoms with Crippen LogP contribution in [0.2, 0.25) is 0 Å². The summed E-state index contributed by atoms with van der Waals surface area (Å²) in [6, 6.07) is 4.00. The maximum absolute atomic E-state index is 13.1. The quantitative estimate of drug-likeness (QED) is 0.0954. The zero-order chi connectivity index (χ0) is 28.9. The van der Waals surface area contributed by atoms with E-state index in [1.54, 1.807) is 25.3 Å². The molecule has 39 heavy (non-hydrogen) atoms. The molecule has 7 N–H and O–H groups in total. The second-order valence-corrected chi connectivity index (χ2v) is 8.39. The minimum Gasteiger partial charge on any atom is -0.399 e. The lowest BCUT2D eigenvalue weighted by atomic mass is 10.0. The molecule has 1 aromatic rings. The smallest absolute Gasteiger partial charge is 0.261 e. The summed E-state index contributed by atoms with van der Waals surface area (Å²) in [4.78, 5) is 48.7. The molecule has 0 aliphatic rings. The minimum atomic E-state index is -1.08. The number of anilines is 1. The van der Waals surface area contributed by atoms with Crippen LogP contribution in [0.15, 0.2) is 30.1 Å². The van der Waals surface area contributed by atoms with E-state index in [0.29, 0.717) is 89.1 Å². The Morgan fingerprint density at radius 3 is 2.41 bits per heavy atom. The number of hydrogen-bond donors (Lipinski definition) is 5. The van der Waals surface area contributed by atoms with Gasteiger partial charge >= 0.3 is 0 Å². The van der Waals surface area contributed by atoms with Crippen molar-refractivity contribution < 1.29 is 33.4 Å². The number of amides is 4. The van der Waals surface area contributed by atoms with E-state index in [2.05, 4.69) is 10.6 Å². The van der Waals surface area contributed by atoms with Crippen molar-refractivity contribution in [2.75, 3.05) is 64.6 Å².